The van der Waals surface area contributed by atoms with Crippen LogP contribution in [0.3, 0.4) is 0 Å². The Morgan fingerprint density at radius 3 is 2.42 bits per heavy atom. The van der Waals surface area contributed by atoms with Crippen molar-refractivity contribution in [1.29, 1.82) is 0 Å². The molecular weight excluding hydrogens is 302 g/mol. The smallest absolute Gasteiger partial charge is 0.256 e. The molecule has 0 fully saturated rings. The molecule has 4 nitrogen and oxygen atoms in total. The van der Waals surface area contributed by atoms with Crippen molar-refractivity contribution in [1.82, 2.24) is 0 Å². The molecule has 0 spiro atoms. The van der Waals surface area contributed by atoms with Crippen LogP contribution in [0.1, 0.15) is 41.0 Å². The van der Waals surface area contributed by atoms with Crippen LogP contribution in [-0.4, -0.2) is 24.2 Å². The summed E-state index contributed by atoms with van der Waals surface area (Å²) in [6.07, 6.45) is 1.08. The molecule has 1 atom stereocenters. The average Bonchev–Trinajstić information content (AvgIpc) is 2.56. The monoisotopic (exact) mass is 329 g/mol. The molecule has 1 N–H and O–H groups in total. The largest absolute Gasteiger partial charge is 0.490 e. The molecule has 0 saturated heterocycles. The number of hydrogen-bond donors (Lipinski definition) is 1. The van der Waals surface area contributed by atoms with Crippen molar-refractivity contribution < 1.29 is 14.3 Å². The number of anilines is 1. The summed E-state index contributed by atoms with van der Waals surface area (Å²) in [5.41, 5.74) is -0.109. The van der Waals surface area contributed by atoms with E-state index in [1.165, 1.54) is 0 Å². The summed E-state index contributed by atoms with van der Waals surface area (Å²) in [7, 11) is 0. The van der Waals surface area contributed by atoms with Gasteiger partial charge < -0.3 is 14.8 Å². The molecule has 0 saturated carbocycles. The third-order valence-electron chi connectivity index (χ3n) is 4.09. The molecule has 4 heteroatoms. The number of hydrogen-bond acceptors (Lipinski definition) is 3. The quantitative estimate of drug-likeness (QED) is 0.796. The van der Waals surface area contributed by atoms with Gasteiger partial charge in [0.15, 0.2) is 0 Å². The van der Waals surface area contributed by atoms with Gasteiger partial charge in [-0.15, -0.1) is 0 Å². The normalized spacial score (nSPS) is 12.9. The summed E-state index contributed by atoms with van der Waals surface area (Å²) in [6, 6.07) is 11.7. The maximum absolute atomic E-state index is 12.5. The Kier molecular flexibility index (Phi) is 5.84. The van der Waals surface area contributed by atoms with Crippen molar-refractivity contribution in [3.63, 3.8) is 0 Å². The Morgan fingerprint density at radius 2 is 1.79 bits per heavy atom. The van der Waals surface area contributed by atoms with Gasteiger partial charge in [-0.2, -0.15) is 0 Å². The van der Waals surface area contributed by atoms with Crippen LogP contribution in [-0.2, 0) is 9.53 Å². The highest BCUT2D eigenvalue weighted by atomic mass is 16.5. The van der Waals surface area contributed by atoms with Crippen LogP contribution >= 0.6 is 0 Å². The molecule has 2 rings (SSSR count). The maximum atomic E-state index is 12.5. The molecule has 0 heterocycles. The summed E-state index contributed by atoms with van der Waals surface area (Å²) in [5.74, 6) is 0.673. The Balaban J connectivity index is 2.36. The van der Waals surface area contributed by atoms with Crippen LogP contribution < -0.4 is 10.1 Å². The van der Waals surface area contributed by atoms with Gasteiger partial charge in [-0.05, 0) is 46.2 Å². The zero-order chi connectivity index (χ0) is 17.7. The zero-order valence-electron chi connectivity index (χ0n) is 15.2. The third-order valence-corrected chi connectivity index (χ3v) is 4.09. The van der Waals surface area contributed by atoms with Gasteiger partial charge in [-0.25, -0.2) is 0 Å². The van der Waals surface area contributed by atoms with Crippen LogP contribution in [0.4, 0.5) is 5.69 Å². The molecule has 0 aliphatic carbocycles. The van der Waals surface area contributed by atoms with Crippen molar-refractivity contribution >= 4 is 22.4 Å². The van der Waals surface area contributed by atoms with E-state index < -0.39 is 5.60 Å². The summed E-state index contributed by atoms with van der Waals surface area (Å²) < 4.78 is 11.5. The van der Waals surface area contributed by atoms with Crippen molar-refractivity contribution in [2.75, 3.05) is 11.9 Å². The predicted molar refractivity (Wildman–Crippen MR) is 98.7 cm³/mol. The van der Waals surface area contributed by atoms with Gasteiger partial charge >= 0.3 is 0 Å². The molecular formula is C20H27NO3. The van der Waals surface area contributed by atoms with E-state index in [0.717, 1.165) is 28.6 Å². The number of fused-ring (bicyclic) bond motifs is 1. The Bertz CT molecular complexity index is 709. The Hall–Kier alpha value is -2.07. The zero-order valence-corrected chi connectivity index (χ0v) is 15.2. The number of rotatable bonds is 7. The lowest BCUT2D eigenvalue weighted by molar-refractivity contribution is -0.136. The highest BCUT2D eigenvalue weighted by Gasteiger charge is 2.28. The predicted octanol–water partition coefficient (Wildman–Crippen LogP) is 4.77. The first-order chi connectivity index (χ1) is 11.4. The molecule has 24 heavy (non-hydrogen) atoms. The van der Waals surface area contributed by atoms with Gasteiger partial charge in [0, 0.05) is 23.1 Å². The topological polar surface area (TPSA) is 47.6 Å². The molecule has 0 bridgehead atoms. The standard InChI is InChI=1S/C20H27NO3/c1-6-14(3)24-18-13-12-17(15-10-8-9-11-16(15)18)21-19(22)20(4,5)23-7-2/h8-14H,6-7H2,1-5H3,(H,21,22)/t14-/m1/s1. The van der Waals surface area contributed by atoms with Gasteiger partial charge in [0.1, 0.15) is 11.4 Å². The van der Waals surface area contributed by atoms with E-state index in [4.69, 9.17) is 9.47 Å². The first-order valence-corrected chi connectivity index (χ1v) is 8.52. The second-order valence-corrected chi connectivity index (χ2v) is 6.39. The average molecular weight is 329 g/mol. The van der Waals surface area contributed by atoms with E-state index in [0.29, 0.717) is 6.61 Å². The number of amides is 1. The summed E-state index contributed by atoms with van der Waals surface area (Å²) >= 11 is 0. The van der Waals surface area contributed by atoms with Crippen LogP contribution in [0.2, 0.25) is 0 Å². The lowest BCUT2D eigenvalue weighted by atomic mass is 10.1. The number of nitrogens with one attached hydrogen (secondary N) is 1. The SMILES string of the molecule is CCOC(C)(C)C(=O)Nc1ccc(O[C@H](C)CC)c2ccccc12. The maximum Gasteiger partial charge on any atom is 0.256 e. The summed E-state index contributed by atoms with van der Waals surface area (Å²) in [4.78, 5) is 12.5. The molecule has 2 aromatic rings. The highest BCUT2D eigenvalue weighted by molar-refractivity contribution is 6.06. The highest BCUT2D eigenvalue weighted by Crippen LogP contribution is 2.33. The fourth-order valence-corrected chi connectivity index (χ4v) is 2.48. The van der Waals surface area contributed by atoms with Gasteiger partial charge in [0.05, 0.1) is 6.10 Å². The van der Waals surface area contributed by atoms with E-state index >= 15 is 0 Å². The minimum atomic E-state index is -0.873. The number of carbonyl (C=O) groups is 1. The summed E-state index contributed by atoms with van der Waals surface area (Å²) in [6.45, 7) is 10.1. The fraction of sp³-hybridized carbons (Fsp3) is 0.450. The van der Waals surface area contributed by atoms with Crippen LogP contribution in [0.25, 0.3) is 10.8 Å². The minimum absolute atomic E-state index is 0.144. The van der Waals surface area contributed by atoms with Gasteiger partial charge in [-0.3, -0.25) is 4.79 Å². The lowest BCUT2D eigenvalue weighted by Crippen LogP contribution is -2.39. The van der Waals surface area contributed by atoms with Crippen molar-refractivity contribution in [3.05, 3.63) is 36.4 Å². The van der Waals surface area contributed by atoms with Crippen LogP contribution in [0, 0.1) is 0 Å². The number of ether oxygens (including phenoxy) is 2. The second-order valence-electron chi connectivity index (χ2n) is 6.39. The number of benzene rings is 2. The Labute approximate surface area is 144 Å². The van der Waals surface area contributed by atoms with Crippen LogP contribution in [0.5, 0.6) is 5.75 Å². The molecule has 0 aliphatic heterocycles. The van der Waals surface area contributed by atoms with Crippen molar-refractivity contribution in [2.24, 2.45) is 0 Å². The minimum Gasteiger partial charge on any atom is -0.490 e. The fourth-order valence-electron chi connectivity index (χ4n) is 2.48. The van der Waals surface area contributed by atoms with Crippen molar-refractivity contribution in [2.45, 2.75) is 52.7 Å². The molecule has 0 aromatic heterocycles. The molecule has 2 aromatic carbocycles. The first-order valence-electron chi connectivity index (χ1n) is 8.52. The van der Waals surface area contributed by atoms with E-state index in [-0.39, 0.29) is 12.0 Å². The van der Waals surface area contributed by atoms with Crippen LogP contribution in [0.15, 0.2) is 36.4 Å². The third kappa shape index (κ3) is 4.06. The van der Waals surface area contributed by atoms with E-state index in [1.54, 1.807) is 13.8 Å². The lowest BCUT2D eigenvalue weighted by Gasteiger charge is -2.24. The van der Waals surface area contributed by atoms with E-state index in [2.05, 4.69) is 19.2 Å². The molecule has 1 amide bonds. The van der Waals surface area contributed by atoms with Crippen molar-refractivity contribution in [3.8, 4) is 5.75 Å². The second kappa shape index (κ2) is 7.67. The molecule has 130 valence electrons. The van der Waals surface area contributed by atoms with Gasteiger partial charge in [0.25, 0.3) is 5.91 Å². The van der Waals surface area contributed by atoms with E-state index in [1.807, 2.05) is 43.3 Å². The molecule has 0 unspecified atom stereocenters. The van der Waals surface area contributed by atoms with E-state index in [9.17, 15) is 4.79 Å². The number of carbonyl (C=O) groups excluding carboxylic acids is 1. The van der Waals surface area contributed by atoms with Gasteiger partial charge in [-0.1, -0.05) is 31.2 Å². The summed E-state index contributed by atoms with van der Waals surface area (Å²) in [5, 5.41) is 4.93. The Morgan fingerprint density at radius 1 is 1.12 bits per heavy atom. The molecule has 0 aliphatic rings. The molecule has 0 radical (unpaired) electrons. The first kappa shape index (κ1) is 18.3. The van der Waals surface area contributed by atoms with Gasteiger partial charge in [0.2, 0.25) is 0 Å².